The molecule has 0 aliphatic heterocycles. The second-order valence-corrected chi connectivity index (χ2v) is 5.88. The van der Waals surface area contributed by atoms with E-state index in [9.17, 15) is 9.59 Å². The molecule has 3 N–H and O–H groups in total. The number of benzene rings is 2. The van der Waals surface area contributed by atoms with E-state index in [-0.39, 0.29) is 10.7 Å². The third-order valence-corrected chi connectivity index (χ3v) is 4.00. The summed E-state index contributed by atoms with van der Waals surface area (Å²) in [6.07, 6.45) is 0. The zero-order valence-electron chi connectivity index (χ0n) is 16.3. The molecule has 0 heterocycles. The van der Waals surface area contributed by atoms with Crippen LogP contribution >= 0.6 is 12.2 Å². The quantitative estimate of drug-likeness (QED) is 0.480. The molecule has 0 aliphatic carbocycles. The molecule has 0 radical (unpaired) electrons. The van der Waals surface area contributed by atoms with Crippen molar-refractivity contribution in [1.29, 1.82) is 0 Å². The van der Waals surface area contributed by atoms with E-state index in [0.29, 0.717) is 28.6 Å². The molecule has 29 heavy (non-hydrogen) atoms. The van der Waals surface area contributed by atoms with Gasteiger partial charge in [0.05, 0.1) is 34.0 Å². The van der Waals surface area contributed by atoms with E-state index < -0.39 is 11.8 Å². The fourth-order valence-corrected chi connectivity index (χ4v) is 2.58. The van der Waals surface area contributed by atoms with Crippen LogP contribution in [0.3, 0.4) is 0 Å². The van der Waals surface area contributed by atoms with Gasteiger partial charge in [-0.25, -0.2) is 0 Å². The van der Waals surface area contributed by atoms with Crippen molar-refractivity contribution in [1.82, 2.24) is 16.2 Å². The monoisotopic (exact) mass is 419 g/mol. The molecule has 10 heteroatoms. The number of carbonyl (C=O) groups excluding carboxylic acids is 2. The average Bonchev–Trinajstić information content (AvgIpc) is 2.75. The molecule has 2 aromatic rings. The smallest absolute Gasteiger partial charge is 0.269 e. The Morgan fingerprint density at radius 2 is 1.38 bits per heavy atom. The van der Waals surface area contributed by atoms with Gasteiger partial charge in [0.2, 0.25) is 5.75 Å². The van der Waals surface area contributed by atoms with Crippen LogP contribution < -0.4 is 35.1 Å². The third kappa shape index (κ3) is 5.26. The Kier molecular flexibility index (Phi) is 7.61. The molecular weight excluding hydrogens is 398 g/mol. The maximum atomic E-state index is 12.4. The van der Waals surface area contributed by atoms with Crippen molar-refractivity contribution in [2.75, 3.05) is 28.4 Å². The average molecular weight is 419 g/mol. The summed E-state index contributed by atoms with van der Waals surface area (Å²) in [5, 5.41) is 2.36. The van der Waals surface area contributed by atoms with Gasteiger partial charge in [0.1, 0.15) is 5.75 Å². The van der Waals surface area contributed by atoms with Crippen LogP contribution in [0.5, 0.6) is 23.0 Å². The van der Waals surface area contributed by atoms with Crippen LogP contribution in [0.2, 0.25) is 0 Å². The lowest BCUT2D eigenvalue weighted by molar-refractivity contribution is 0.0933. The zero-order chi connectivity index (χ0) is 21.4. The van der Waals surface area contributed by atoms with E-state index in [1.807, 2.05) is 0 Å². The Bertz CT molecular complexity index is 894. The number of rotatable bonds is 6. The van der Waals surface area contributed by atoms with E-state index in [4.69, 9.17) is 31.2 Å². The van der Waals surface area contributed by atoms with E-state index in [0.717, 1.165) is 0 Å². The minimum absolute atomic E-state index is 0.0957. The molecule has 2 aromatic carbocycles. The van der Waals surface area contributed by atoms with Crippen LogP contribution in [0, 0.1) is 0 Å². The number of amides is 2. The highest BCUT2D eigenvalue weighted by Crippen LogP contribution is 2.38. The lowest BCUT2D eigenvalue weighted by atomic mass is 10.1. The summed E-state index contributed by atoms with van der Waals surface area (Å²) in [4.78, 5) is 24.7. The normalized spacial score (nSPS) is 9.79. The van der Waals surface area contributed by atoms with Crippen LogP contribution in [0.25, 0.3) is 0 Å². The lowest BCUT2D eigenvalue weighted by Gasteiger charge is -2.15. The maximum Gasteiger partial charge on any atom is 0.269 e. The Morgan fingerprint density at radius 1 is 0.793 bits per heavy atom. The van der Waals surface area contributed by atoms with Crippen molar-refractivity contribution in [3.8, 4) is 23.0 Å². The van der Waals surface area contributed by atoms with Gasteiger partial charge in [0.25, 0.3) is 11.8 Å². The second kappa shape index (κ2) is 10.1. The summed E-state index contributed by atoms with van der Waals surface area (Å²) in [7, 11) is 5.81. The summed E-state index contributed by atoms with van der Waals surface area (Å²) < 4.78 is 20.8. The standard InChI is InChI=1S/C19H21N3O6S/c1-25-13-8-6-5-7-12(13)18(24)20-19(29)22-21-17(23)11-9-14(26-2)16(28-4)15(10-11)27-3/h5-10H,1-4H3,(H,21,23)(H2,20,22,24,29). The molecule has 0 atom stereocenters. The number of para-hydroxylation sites is 1. The van der Waals surface area contributed by atoms with Crippen molar-refractivity contribution < 1.29 is 28.5 Å². The highest BCUT2D eigenvalue weighted by Gasteiger charge is 2.18. The molecule has 2 rings (SSSR count). The van der Waals surface area contributed by atoms with E-state index in [1.54, 1.807) is 24.3 Å². The van der Waals surface area contributed by atoms with Crippen LogP contribution in [-0.4, -0.2) is 45.4 Å². The molecule has 0 saturated carbocycles. The minimum atomic E-state index is -0.529. The maximum absolute atomic E-state index is 12.4. The van der Waals surface area contributed by atoms with Gasteiger partial charge in [-0.15, -0.1) is 0 Å². The van der Waals surface area contributed by atoms with E-state index in [2.05, 4.69) is 16.2 Å². The Balaban J connectivity index is 2.03. The molecule has 154 valence electrons. The van der Waals surface area contributed by atoms with Gasteiger partial charge in [-0.3, -0.25) is 25.8 Å². The van der Waals surface area contributed by atoms with Crippen LogP contribution in [-0.2, 0) is 0 Å². The van der Waals surface area contributed by atoms with E-state index >= 15 is 0 Å². The molecule has 9 nitrogen and oxygen atoms in total. The van der Waals surface area contributed by atoms with Gasteiger partial charge in [0, 0.05) is 5.56 Å². The molecule has 0 bridgehead atoms. The number of thiocarbonyl (C=S) groups is 1. The van der Waals surface area contributed by atoms with Gasteiger partial charge >= 0.3 is 0 Å². The Labute approximate surface area is 173 Å². The van der Waals surface area contributed by atoms with Crippen molar-refractivity contribution in [3.05, 3.63) is 47.5 Å². The van der Waals surface area contributed by atoms with Gasteiger partial charge in [-0.1, -0.05) is 12.1 Å². The molecule has 0 aromatic heterocycles. The number of hydrogen-bond donors (Lipinski definition) is 3. The zero-order valence-corrected chi connectivity index (χ0v) is 17.1. The van der Waals surface area contributed by atoms with Crippen LogP contribution in [0.4, 0.5) is 0 Å². The molecular formula is C19H21N3O6S. The topological polar surface area (TPSA) is 107 Å². The number of carbonyl (C=O) groups is 2. The Morgan fingerprint density at radius 3 is 1.93 bits per heavy atom. The van der Waals surface area contributed by atoms with Crippen LogP contribution in [0.1, 0.15) is 20.7 Å². The fourth-order valence-electron chi connectivity index (χ4n) is 2.43. The number of hydrogen-bond acceptors (Lipinski definition) is 7. The first-order chi connectivity index (χ1) is 13.9. The van der Waals surface area contributed by atoms with E-state index in [1.165, 1.54) is 40.6 Å². The first-order valence-corrected chi connectivity index (χ1v) is 8.70. The van der Waals surface area contributed by atoms with Crippen molar-refractivity contribution in [3.63, 3.8) is 0 Å². The molecule has 0 aliphatic rings. The van der Waals surface area contributed by atoms with Crippen molar-refractivity contribution in [2.24, 2.45) is 0 Å². The summed E-state index contributed by atoms with van der Waals surface area (Å²) in [6, 6.07) is 9.64. The van der Waals surface area contributed by atoms with Gasteiger partial charge in [-0.2, -0.15) is 0 Å². The predicted molar refractivity (Wildman–Crippen MR) is 110 cm³/mol. The largest absolute Gasteiger partial charge is 0.496 e. The Hall–Kier alpha value is -3.53. The number of ether oxygens (including phenoxy) is 4. The van der Waals surface area contributed by atoms with Crippen molar-refractivity contribution >= 4 is 29.1 Å². The van der Waals surface area contributed by atoms with Gasteiger partial charge in [0.15, 0.2) is 16.6 Å². The van der Waals surface area contributed by atoms with Gasteiger partial charge < -0.3 is 18.9 Å². The molecule has 0 spiro atoms. The highest BCUT2D eigenvalue weighted by molar-refractivity contribution is 7.80. The first-order valence-electron chi connectivity index (χ1n) is 8.29. The number of hydrazine groups is 1. The fraction of sp³-hybridized carbons (Fsp3) is 0.211. The SMILES string of the molecule is COc1ccccc1C(=O)NC(=S)NNC(=O)c1cc(OC)c(OC)c(OC)c1. The highest BCUT2D eigenvalue weighted by atomic mass is 32.1. The molecule has 2 amide bonds. The van der Waals surface area contributed by atoms with Crippen LogP contribution in [0.15, 0.2) is 36.4 Å². The minimum Gasteiger partial charge on any atom is -0.496 e. The molecule has 0 saturated heterocycles. The number of methoxy groups -OCH3 is 4. The first kappa shape index (κ1) is 21.8. The molecule has 0 fully saturated rings. The third-order valence-electron chi connectivity index (χ3n) is 3.80. The summed E-state index contributed by atoms with van der Waals surface area (Å²) in [6.45, 7) is 0. The second-order valence-electron chi connectivity index (χ2n) is 5.48. The molecule has 0 unspecified atom stereocenters. The lowest BCUT2D eigenvalue weighted by Crippen LogP contribution is -2.48. The van der Waals surface area contributed by atoms with Crippen molar-refractivity contribution in [2.45, 2.75) is 0 Å². The number of nitrogens with one attached hydrogen (secondary N) is 3. The summed E-state index contributed by atoms with van der Waals surface area (Å²) in [5.41, 5.74) is 5.39. The predicted octanol–water partition coefficient (Wildman–Crippen LogP) is 1.67. The summed E-state index contributed by atoms with van der Waals surface area (Å²) >= 11 is 5.05. The van der Waals surface area contributed by atoms with Gasteiger partial charge in [-0.05, 0) is 36.5 Å². The summed E-state index contributed by atoms with van der Waals surface area (Å²) in [5.74, 6) is 0.390.